The second-order valence-corrected chi connectivity index (χ2v) is 3.95. The summed E-state index contributed by atoms with van der Waals surface area (Å²) in [5.74, 6) is -2.75. The average molecular weight is 266 g/mol. The largest absolute Gasteiger partial charge is 0.508 e. The highest BCUT2D eigenvalue weighted by molar-refractivity contribution is 5.45. The van der Waals surface area contributed by atoms with Crippen LogP contribution in [0.15, 0.2) is 36.4 Å². The van der Waals surface area contributed by atoms with Gasteiger partial charge in [-0.1, -0.05) is 18.2 Å². The quantitative estimate of drug-likeness (QED) is 0.898. The zero-order valence-electron chi connectivity index (χ0n) is 10.1. The molecule has 0 spiro atoms. The molecule has 0 aliphatic carbocycles. The molecule has 2 N–H and O–H groups in total. The summed E-state index contributed by atoms with van der Waals surface area (Å²) < 4.78 is 31.5. The van der Waals surface area contributed by atoms with E-state index in [2.05, 4.69) is 0 Å². The number of benzene rings is 2. The molecule has 2 aromatic rings. The number of hydrogen-bond acceptors (Lipinski definition) is 3. The summed E-state index contributed by atoms with van der Waals surface area (Å²) >= 11 is 0. The Morgan fingerprint density at radius 3 is 2.37 bits per heavy atom. The van der Waals surface area contributed by atoms with E-state index in [4.69, 9.17) is 4.74 Å². The lowest BCUT2D eigenvalue weighted by molar-refractivity contribution is 0.208. The van der Waals surface area contributed by atoms with Gasteiger partial charge in [0.2, 0.25) is 5.82 Å². The number of ether oxygens (including phenoxy) is 1. The molecule has 0 unspecified atom stereocenters. The monoisotopic (exact) mass is 266 g/mol. The van der Waals surface area contributed by atoms with Crippen LogP contribution in [-0.2, 0) is 0 Å². The first-order chi connectivity index (χ1) is 9.06. The Bertz CT molecular complexity index is 599. The van der Waals surface area contributed by atoms with Gasteiger partial charge in [0, 0.05) is 11.1 Å². The molecule has 0 aromatic heterocycles. The molecule has 5 heteroatoms. The Kier molecular flexibility index (Phi) is 3.66. The number of aromatic hydroxyl groups is 1. The van der Waals surface area contributed by atoms with Crippen molar-refractivity contribution in [2.75, 3.05) is 7.11 Å². The second-order valence-electron chi connectivity index (χ2n) is 3.95. The molecule has 100 valence electrons. The number of rotatable bonds is 3. The number of para-hydroxylation sites is 1. The van der Waals surface area contributed by atoms with Gasteiger partial charge in [0.15, 0.2) is 11.6 Å². The lowest BCUT2D eigenvalue weighted by Crippen LogP contribution is -2.05. The van der Waals surface area contributed by atoms with Crippen molar-refractivity contribution in [3.05, 3.63) is 59.2 Å². The van der Waals surface area contributed by atoms with Crippen LogP contribution in [-0.4, -0.2) is 17.3 Å². The second kappa shape index (κ2) is 5.24. The zero-order valence-corrected chi connectivity index (χ0v) is 10.1. The number of methoxy groups -OCH3 is 1. The third-order valence-corrected chi connectivity index (χ3v) is 2.81. The molecule has 19 heavy (non-hydrogen) atoms. The number of phenolic OH excluding ortho intramolecular Hbond substituents is 1. The van der Waals surface area contributed by atoms with E-state index in [9.17, 15) is 19.0 Å². The Morgan fingerprint density at radius 1 is 1.05 bits per heavy atom. The summed E-state index contributed by atoms with van der Waals surface area (Å²) in [6.07, 6.45) is -1.31. The minimum absolute atomic E-state index is 0.0444. The summed E-state index contributed by atoms with van der Waals surface area (Å²) in [5, 5.41) is 19.8. The number of aliphatic hydroxyl groups is 1. The Morgan fingerprint density at radius 2 is 1.74 bits per heavy atom. The fraction of sp³-hybridized carbons (Fsp3) is 0.143. The van der Waals surface area contributed by atoms with E-state index in [1.165, 1.54) is 25.3 Å². The average Bonchev–Trinajstić information content (AvgIpc) is 2.41. The summed E-state index contributed by atoms with van der Waals surface area (Å²) in [6.45, 7) is 0. The third-order valence-electron chi connectivity index (χ3n) is 2.81. The molecule has 1 atom stereocenters. The van der Waals surface area contributed by atoms with Crippen molar-refractivity contribution in [1.82, 2.24) is 0 Å². The van der Waals surface area contributed by atoms with Crippen molar-refractivity contribution < 1.29 is 23.7 Å². The molecular formula is C14H12F2O3. The standard InChI is InChI=1S/C14H12F2O3/c1-19-14-9(6-7-10(15)12(14)16)13(18)8-4-2-3-5-11(8)17/h2-7,13,17-18H,1H3/t13-/m1/s1. The third kappa shape index (κ3) is 2.37. The van der Waals surface area contributed by atoms with Gasteiger partial charge in [0.05, 0.1) is 7.11 Å². The van der Waals surface area contributed by atoms with Crippen LogP contribution in [0.5, 0.6) is 11.5 Å². The predicted octanol–water partition coefficient (Wildman–Crippen LogP) is 2.76. The summed E-state index contributed by atoms with van der Waals surface area (Å²) in [6, 6.07) is 8.20. The van der Waals surface area contributed by atoms with Crippen LogP contribution < -0.4 is 4.74 Å². The fourth-order valence-corrected chi connectivity index (χ4v) is 1.86. The van der Waals surface area contributed by atoms with E-state index in [-0.39, 0.29) is 22.6 Å². The molecule has 0 heterocycles. The maximum Gasteiger partial charge on any atom is 0.200 e. The van der Waals surface area contributed by atoms with Gasteiger partial charge in [-0.25, -0.2) is 4.39 Å². The maximum atomic E-state index is 13.6. The van der Waals surface area contributed by atoms with Gasteiger partial charge in [-0.05, 0) is 18.2 Å². The smallest absolute Gasteiger partial charge is 0.200 e. The summed E-state index contributed by atoms with van der Waals surface area (Å²) in [5.41, 5.74) is 0.231. The molecule has 3 nitrogen and oxygen atoms in total. The minimum atomic E-state index is -1.31. The van der Waals surface area contributed by atoms with Gasteiger partial charge in [-0.3, -0.25) is 0 Å². The van der Waals surface area contributed by atoms with Crippen molar-refractivity contribution in [2.45, 2.75) is 6.10 Å². The number of halogens is 2. The molecule has 0 saturated carbocycles. The number of phenols is 1. The maximum absolute atomic E-state index is 13.6. The summed E-state index contributed by atoms with van der Waals surface area (Å²) in [7, 11) is 1.18. The molecule has 0 bridgehead atoms. The fourth-order valence-electron chi connectivity index (χ4n) is 1.86. The van der Waals surface area contributed by atoms with Crippen LogP contribution >= 0.6 is 0 Å². The van der Waals surface area contributed by atoms with Crippen LogP contribution in [0, 0.1) is 11.6 Å². The lowest BCUT2D eigenvalue weighted by atomic mass is 9.99. The van der Waals surface area contributed by atoms with E-state index in [1.54, 1.807) is 12.1 Å². The molecular weight excluding hydrogens is 254 g/mol. The van der Waals surface area contributed by atoms with Crippen molar-refractivity contribution >= 4 is 0 Å². The van der Waals surface area contributed by atoms with Crippen LogP contribution in [0.25, 0.3) is 0 Å². The minimum Gasteiger partial charge on any atom is -0.508 e. The van der Waals surface area contributed by atoms with Crippen molar-refractivity contribution in [1.29, 1.82) is 0 Å². The van der Waals surface area contributed by atoms with Gasteiger partial charge in [-0.2, -0.15) is 4.39 Å². The first-order valence-electron chi connectivity index (χ1n) is 5.54. The van der Waals surface area contributed by atoms with Crippen molar-refractivity contribution in [2.24, 2.45) is 0 Å². The topological polar surface area (TPSA) is 49.7 Å². The molecule has 0 aliphatic rings. The van der Waals surface area contributed by atoms with Crippen LogP contribution in [0.1, 0.15) is 17.2 Å². The van der Waals surface area contributed by atoms with Gasteiger partial charge < -0.3 is 14.9 Å². The van der Waals surface area contributed by atoms with E-state index in [1.807, 2.05) is 0 Å². The highest BCUT2D eigenvalue weighted by Gasteiger charge is 2.22. The van der Waals surface area contributed by atoms with Crippen LogP contribution in [0.2, 0.25) is 0 Å². The highest BCUT2D eigenvalue weighted by Crippen LogP contribution is 2.36. The Hall–Kier alpha value is -2.14. The molecule has 2 aromatic carbocycles. The first kappa shape index (κ1) is 13.3. The van der Waals surface area contributed by atoms with E-state index < -0.39 is 17.7 Å². The first-order valence-corrected chi connectivity index (χ1v) is 5.54. The molecule has 0 saturated heterocycles. The molecule has 2 rings (SSSR count). The van der Waals surface area contributed by atoms with Gasteiger partial charge in [0.1, 0.15) is 11.9 Å². The molecule has 0 fully saturated rings. The highest BCUT2D eigenvalue weighted by atomic mass is 19.2. The van der Waals surface area contributed by atoms with Gasteiger partial charge in [-0.15, -0.1) is 0 Å². The number of aliphatic hydroxyl groups excluding tert-OH is 1. The SMILES string of the molecule is COc1c([C@H](O)c2ccccc2O)ccc(F)c1F. The number of hydrogen-bond donors (Lipinski definition) is 2. The predicted molar refractivity (Wildman–Crippen MR) is 65.1 cm³/mol. The zero-order chi connectivity index (χ0) is 14.0. The summed E-state index contributed by atoms with van der Waals surface area (Å²) in [4.78, 5) is 0. The molecule has 0 amide bonds. The van der Waals surface area contributed by atoms with E-state index in [0.29, 0.717) is 0 Å². The molecule has 0 radical (unpaired) electrons. The van der Waals surface area contributed by atoms with E-state index >= 15 is 0 Å². The normalized spacial score (nSPS) is 12.2. The van der Waals surface area contributed by atoms with Crippen LogP contribution in [0.3, 0.4) is 0 Å². The Labute approximate surface area is 108 Å². The van der Waals surface area contributed by atoms with Gasteiger partial charge in [0.25, 0.3) is 0 Å². The van der Waals surface area contributed by atoms with E-state index in [0.717, 1.165) is 6.07 Å². The van der Waals surface area contributed by atoms with Crippen molar-refractivity contribution in [3.8, 4) is 11.5 Å². The molecule has 0 aliphatic heterocycles. The van der Waals surface area contributed by atoms with Crippen LogP contribution in [0.4, 0.5) is 8.78 Å². The van der Waals surface area contributed by atoms with Gasteiger partial charge >= 0.3 is 0 Å². The van der Waals surface area contributed by atoms with Crippen molar-refractivity contribution in [3.63, 3.8) is 0 Å². The Balaban J connectivity index is 2.53. The lowest BCUT2D eigenvalue weighted by Gasteiger charge is -2.16.